The summed E-state index contributed by atoms with van der Waals surface area (Å²) in [6, 6.07) is 14.0. The number of hydrogen-bond acceptors (Lipinski definition) is 5. The molecule has 0 spiro atoms. The Morgan fingerprint density at radius 2 is 1.70 bits per heavy atom. The van der Waals surface area contributed by atoms with Crippen LogP contribution in [0.3, 0.4) is 0 Å². The predicted molar refractivity (Wildman–Crippen MR) is 112 cm³/mol. The predicted octanol–water partition coefficient (Wildman–Crippen LogP) is 1.49. The highest BCUT2D eigenvalue weighted by Gasteiger charge is 2.27. The third-order valence-corrected chi connectivity index (χ3v) is 5.43. The summed E-state index contributed by atoms with van der Waals surface area (Å²) in [4.78, 5) is 30.3. The number of benzene rings is 2. The van der Waals surface area contributed by atoms with Crippen LogP contribution in [0, 0.1) is 5.82 Å². The zero-order valence-corrected chi connectivity index (χ0v) is 16.7. The first kappa shape index (κ1) is 20.2. The molecule has 0 aliphatic carbocycles. The van der Waals surface area contributed by atoms with Gasteiger partial charge in [-0.15, -0.1) is 0 Å². The van der Waals surface area contributed by atoms with Gasteiger partial charge in [0, 0.05) is 39.3 Å². The van der Waals surface area contributed by atoms with E-state index in [9.17, 15) is 14.0 Å². The molecule has 0 aromatic heterocycles. The number of amides is 2. The van der Waals surface area contributed by atoms with Crippen molar-refractivity contribution in [1.29, 1.82) is 0 Å². The number of carbonyl (C=O) groups is 2. The van der Waals surface area contributed by atoms with Gasteiger partial charge in [0.1, 0.15) is 18.1 Å². The number of nitrogens with zero attached hydrogens (tertiary/aromatic N) is 3. The topological polar surface area (TPSA) is 65.1 Å². The molecule has 0 bridgehead atoms. The quantitative estimate of drug-likeness (QED) is 0.779. The molecule has 30 heavy (non-hydrogen) atoms. The molecule has 0 saturated carbocycles. The summed E-state index contributed by atoms with van der Waals surface area (Å²) in [5.74, 6) is -0.0202. The van der Waals surface area contributed by atoms with Crippen LogP contribution in [0.25, 0.3) is 0 Å². The first-order valence-corrected chi connectivity index (χ1v) is 10.1. The van der Waals surface area contributed by atoms with Gasteiger partial charge >= 0.3 is 0 Å². The molecule has 2 aromatic rings. The summed E-state index contributed by atoms with van der Waals surface area (Å²) >= 11 is 0. The van der Waals surface area contributed by atoms with E-state index in [2.05, 4.69) is 10.2 Å². The first-order chi connectivity index (χ1) is 14.6. The van der Waals surface area contributed by atoms with Gasteiger partial charge in [-0.2, -0.15) is 0 Å². The molecule has 1 fully saturated rings. The Morgan fingerprint density at radius 1 is 1.00 bits per heavy atom. The van der Waals surface area contributed by atoms with Crippen molar-refractivity contribution in [2.75, 3.05) is 62.2 Å². The highest BCUT2D eigenvalue weighted by atomic mass is 19.1. The molecule has 2 aromatic carbocycles. The van der Waals surface area contributed by atoms with Crippen LogP contribution in [0.5, 0.6) is 5.75 Å². The van der Waals surface area contributed by atoms with Crippen LogP contribution in [0.1, 0.15) is 0 Å². The van der Waals surface area contributed by atoms with Crippen molar-refractivity contribution < 1.29 is 18.7 Å². The average molecular weight is 412 g/mol. The van der Waals surface area contributed by atoms with Crippen molar-refractivity contribution in [3.8, 4) is 5.75 Å². The van der Waals surface area contributed by atoms with Crippen LogP contribution in [-0.4, -0.2) is 69.1 Å². The summed E-state index contributed by atoms with van der Waals surface area (Å²) in [7, 11) is 0. The number of rotatable bonds is 6. The van der Waals surface area contributed by atoms with Crippen LogP contribution in [-0.2, 0) is 9.59 Å². The second kappa shape index (κ2) is 9.13. The highest BCUT2D eigenvalue weighted by Crippen LogP contribution is 2.31. The van der Waals surface area contributed by atoms with Gasteiger partial charge in [0.2, 0.25) is 5.91 Å². The lowest BCUT2D eigenvalue weighted by Crippen LogP contribution is -2.50. The largest absolute Gasteiger partial charge is 0.482 e. The molecular formula is C22H25FN4O3. The normalized spacial score (nSPS) is 16.8. The van der Waals surface area contributed by atoms with Crippen LogP contribution >= 0.6 is 0 Å². The van der Waals surface area contributed by atoms with Crippen LogP contribution < -0.4 is 19.9 Å². The Balaban J connectivity index is 1.22. The molecule has 2 aliphatic rings. The minimum absolute atomic E-state index is 0.0275. The molecule has 8 heteroatoms. The Morgan fingerprint density at radius 3 is 2.47 bits per heavy atom. The van der Waals surface area contributed by atoms with Gasteiger partial charge in [-0.3, -0.25) is 19.4 Å². The number of para-hydroxylation sites is 3. The number of fused-ring (bicyclic) bond motifs is 1. The summed E-state index contributed by atoms with van der Waals surface area (Å²) in [6.45, 7) is 4.22. The van der Waals surface area contributed by atoms with Crippen molar-refractivity contribution in [3.05, 3.63) is 54.3 Å². The van der Waals surface area contributed by atoms with E-state index >= 15 is 0 Å². The van der Waals surface area contributed by atoms with Crippen molar-refractivity contribution >= 4 is 23.2 Å². The van der Waals surface area contributed by atoms with E-state index in [1.54, 1.807) is 24.3 Å². The minimum atomic E-state index is -0.229. The van der Waals surface area contributed by atoms with Gasteiger partial charge in [0.05, 0.1) is 11.4 Å². The second-order valence-corrected chi connectivity index (χ2v) is 7.37. The molecule has 2 amide bonds. The lowest BCUT2D eigenvalue weighted by molar-refractivity contribution is -0.125. The van der Waals surface area contributed by atoms with E-state index in [1.807, 2.05) is 23.1 Å². The van der Waals surface area contributed by atoms with Crippen molar-refractivity contribution in [1.82, 2.24) is 10.2 Å². The number of carbonyl (C=O) groups excluding carboxylic acids is 2. The molecule has 158 valence electrons. The molecule has 0 atom stereocenters. The van der Waals surface area contributed by atoms with Gasteiger partial charge in [-0.1, -0.05) is 24.3 Å². The summed E-state index contributed by atoms with van der Waals surface area (Å²) in [5.41, 5.74) is 1.26. The first-order valence-electron chi connectivity index (χ1n) is 10.1. The average Bonchev–Trinajstić information content (AvgIpc) is 2.77. The molecule has 7 nitrogen and oxygen atoms in total. The Labute approximate surface area is 175 Å². The Hall–Kier alpha value is -3.13. The van der Waals surface area contributed by atoms with Crippen LogP contribution in [0.2, 0.25) is 0 Å². The third-order valence-electron chi connectivity index (χ3n) is 5.43. The Kier molecular flexibility index (Phi) is 6.13. The SMILES string of the molecule is O=C(CN1C(=O)COc2ccccc21)NCCN1CCN(c2ccccc2F)CC1. The fourth-order valence-electron chi connectivity index (χ4n) is 3.80. The Bertz CT molecular complexity index is 915. The van der Waals surface area contributed by atoms with Gasteiger partial charge in [-0.25, -0.2) is 4.39 Å². The van der Waals surface area contributed by atoms with E-state index < -0.39 is 0 Å². The summed E-state index contributed by atoms with van der Waals surface area (Å²) < 4.78 is 19.3. The maximum Gasteiger partial charge on any atom is 0.265 e. The smallest absolute Gasteiger partial charge is 0.265 e. The number of ether oxygens (including phenoxy) is 1. The van der Waals surface area contributed by atoms with Crippen LogP contribution in [0.4, 0.5) is 15.8 Å². The standard InChI is InChI=1S/C22H25FN4O3/c23-17-5-1-2-6-18(17)26-13-11-25(12-14-26)10-9-24-21(28)15-27-19-7-3-4-8-20(19)30-16-22(27)29/h1-8H,9-16H2,(H,24,28). The molecule has 2 heterocycles. The fraction of sp³-hybridized carbons (Fsp3) is 0.364. The van der Waals surface area contributed by atoms with Gasteiger partial charge in [-0.05, 0) is 24.3 Å². The fourth-order valence-corrected chi connectivity index (χ4v) is 3.80. The lowest BCUT2D eigenvalue weighted by Gasteiger charge is -2.36. The van der Waals surface area contributed by atoms with Gasteiger partial charge in [0.25, 0.3) is 5.91 Å². The monoisotopic (exact) mass is 412 g/mol. The maximum absolute atomic E-state index is 13.9. The minimum Gasteiger partial charge on any atom is -0.482 e. The number of piperazine rings is 1. The van der Waals surface area contributed by atoms with E-state index in [0.717, 1.165) is 26.2 Å². The number of halogens is 1. The number of anilines is 2. The van der Waals surface area contributed by atoms with E-state index in [1.165, 1.54) is 11.0 Å². The van der Waals surface area contributed by atoms with E-state index in [4.69, 9.17) is 4.74 Å². The number of nitrogens with one attached hydrogen (secondary N) is 1. The van der Waals surface area contributed by atoms with Gasteiger partial charge in [0.15, 0.2) is 6.61 Å². The highest BCUT2D eigenvalue weighted by molar-refractivity contribution is 6.02. The van der Waals surface area contributed by atoms with Crippen molar-refractivity contribution in [3.63, 3.8) is 0 Å². The zero-order valence-electron chi connectivity index (χ0n) is 16.7. The molecular weight excluding hydrogens is 387 g/mol. The van der Waals surface area contributed by atoms with Crippen LogP contribution in [0.15, 0.2) is 48.5 Å². The van der Waals surface area contributed by atoms with E-state index in [-0.39, 0.29) is 30.8 Å². The second-order valence-electron chi connectivity index (χ2n) is 7.37. The lowest BCUT2D eigenvalue weighted by atomic mass is 10.2. The van der Waals surface area contributed by atoms with Crippen molar-refractivity contribution in [2.24, 2.45) is 0 Å². The molecule has 4 rings (SSSR count). The summed E-state index contributed by atoms with van der Waals surface area (Å²) in [5, 5.41) is 2.89. The maximum atomic E-state index is 13.9. The van der Waals surface area contributed by atoms with E-state index in [0.29, 0.717) is 30.2 Å². The molecule has 1 N–H and O–H groups in total. The molecule has 0 unspecified atom stereocenters. The third kappa shape index (κ3) is 4.54. The zero-order chi connectivity index (χ0) is 20.9. The summed E-state index contributed by atoms with van der Waals surface area (Å²) in [6.07, 6.45) is 0. The molecule has 1 saturated heterocycles. The molecule has 2 aliphatic heterocycles. The van der Waals surface area contributed by atoms with Gasteiger partial charge < -0.3 is 15.0 Å². The number of hydrogen-bond donors (Lipinski definition) is 1. The van der Waals surface area contributed by atoms with Crippen molar-refractivity contribution in [2.45, 2.75) is 0 Å². The molecule has 0 radical (unpaired) electrons.